The number of ether oxygens (including phenoxy) is 2. The van der Waals surface area contributed by atoms with Crippen molar-refractivity contribution in [3.8, 4) is 0 Å². The molecule has 0 fully saturated rings. The molecule has 0 amide bonds. The van der Waals surface area contributed by atoms with E-state index in [9.17, 15) is 0 Å². The third-order valence-electron chi connectivity index (χ3n) is 2.51. The number of benzene rings is 1. The van der Waals surface area contributed by atoms with Crippen molar-refractivity contribution in [3.05, 3.63) is 48.6 Å². The second-order valence-corrected chi connectivity index (χ2v) is 3.94. The molecule has 0 aliphatic heterocycles. The van der Waals surface area contributed by atoms with Crippen LogP contribution < -0.4 is 0 Å². The van der Waals surface area contributed by atoms with Gasteiger partial charge in [-0.3, -0.25) is 0 Å². The minimum Gasteiger partial charge on any atom is -0.376 e. The maximum Gasteiger partial charge on any atom is 0.0811 e. The van der Waals surface area contributed by atoms with Crippen LogP contribution in [0.25, 0.3) is 0 Å². The second kappa shape index (κ2) is 8.97. The van der Waals surface area contributed by atoms with Crippen molar-refractivity contribution in [2.45, 2.75) is 32.5 Å². The van der Waals surface area contributed by atoms with Crippen LogP contribution in [0.1, 0.15) is 25.3 Å². The lowest BCUT2D eigenvalue weighted by Crippen LogP contribution is -2.19. The van der Waals surface area contributed by atoms with Crippen LogP contribution in [0.3, 0.4) is 0 Å². The Morgan fingerprint density at radius 1 is 1.29 bits per heavy atom. The summed E-state index contributed by atoms with van der Waals surface area (Å²) in [6.45, 7) is 7.77. The maximum atomic E-state index is 5.67. The average Bonchev–Trinajstić information content (AvgIpc) is 2.37. The molecule has 0 radical (unpaired) electrons. The Balaban J connectivity index is 2.24. The minimum absolute atomic E-state index is 0.182. The van der Waals surface area contributed by atoms with Crippen molar-refractivity contribution < 1.29 is 9.47 Å². The van der Waals surface area contributed by atoms with Crippen molar-refractivity contribution in [1.29, 1.82) is 0 Å². The van der Waals surface area contributed by atoms with Crippen LogP contribution in [0, 0.1) is 0 Å². The summed E-state index contributed by atoms with van der Waals surface area (Å²) >= 11 is 0. The number of allylic oxidation sites excluding steroid dienone is 1. The fourth-order valence-electron chi connectivity index (χ4n) is 1.64. The second-order valence-electron chi connectivity index (χ2n) is 3.94. The largest absolute Gasteiger partial charge is 0.376 e. The summed E-state index contributed by atoms with van der Waals surface area (Å²) in [5.74, 6) is 0. The van der Waals surface area contributed by atoms with E-state index in [-0.39, 0.29) is 6.10 Å². The molecule has 0 spiro atoms. The van der Waals surface area contributed by atoms with Gasteiger partial charge in [0.1, 0.15) is 0 Å². The third kappa shape index (κ3) is 6.25. The van der Waals surface area contributed by atoms with E-state index in [1.165, 1.54) is 5.56 Å². The monoisotopic (exact) mass is 234 g/mol. The van der Waals surface area contributed by atoms with Crippen LogP contribution >= 0.6 is 0 Å². The van der Waals surface area contributed by atoms with Gasteiger partial charge in [-0.05, 0) is 25.3 Å². The number of rotatable bonds is 9. The molecule has 1 atom stereocenters. The van der Waals surface area contributed by atoms with E-state index in [2.05, 4.69) is 18.7 Å². The smallest absolute Gasteiger partial charge is 0.0811 e. The van der Waals surface area contributed by atoms with Gasteiger partial charge in [-0.15, -0.1) is 6.58 Å². The maximum absolute atomic E-state index is 5.67. The van der Waals surface area contributed by atoms with Crippen molar-refractivity contribution in [3.63, 3.8) is 0 Å². The highest BCUT2D eigenvalue weighted by molar-refractivity contribution is 5.13. The van der Waals surface area contributed by atoms with E-state index < -0.39 is 0 Å². The van der Waals surface area contributed by atoms with Crippen LogP contribution in [0.5, 0.6) is 0 Å². The van der Waals surface area contributed by atoms with Crippen LogP contribution in [0.4, 0.5) is 0 Å². The molecule has 0 saturated heterocycles. The van der Waals surface area contributed by atoms with E-state index >= 15 is 0 Å². The van der Waals surface area contributed by atoms with Crippen molar-refractivity contribution in [2.24, 2.45) is 0 Å². The van der Waals surface area contributed by atoms with Gasteiger partial charge in [-0.1, -0.05) is 36.4 Å². The SMILES string of the molecule is C=CCCC(COCc1ccccc1)OCC. The van der Waals surface area contributed by atoms with Gasteiger partial charge in [0, 0.05) is 6.61 Å². The van der Waals surface area contributed by atoms with Crippen LogP contribution in [-0.4, -0.2) is 19.3 Å². The van der Waals surface area contributed by atoms with Gasteiger partial charge in [-0.25, -0.2) is 0 Å². The summed E-state index contributed by atoms with van der Waals surface area (Å²) in [5, 5.41) is 0. The summed E-state index contributed by atoms with van der Waals surface area (Å²) in [7, 11) is 0. The van der Waals surface area contributed by atoms with Gasteiger partial charge in [-0.2, -0.15) is 0 Å². The van der Waals surface area contributed by atoms with E-state index in [0.717, 1.165) is 19.4 Å². The lowest BCUT2D eigenvalue weighted by molar-refractivity contribution is -0.0202. The quantitative estimate of drug-likeness (QED) is 0.608. The third-order valence-corrected chi connectivity index (χ3v) is 2.51. The molecule has 1 rings (SSSR count). The van der Waals surface area contributed by atoms with E-state index in [4.69, 9.17) is 9.47 Å². The topological polar surface area (TPSA) is 18.5 Å². The molecule has 1 aromatic rings. The predicted molar refractivity (Wildman–Crippen MR) is 70.9 cm³/mol. The molecule has 0 bridgehead atoms. The van der Waals surface area contributed by atoms with Gasteiger partial charge in [0.2, 0.25) is 0 Å². The minimum atomic E-state index is 0.182. The van der Waals surface area contributed by atoms with Crippen LogP contribution in [0.2, 0.25) is 0 Å². The first-order chi connectivity index (χ1) is 8.36. The highest BCUT2D eigenvalue weighted by atomic mass is 16.5. The van der Waals surface area contributed by atoms with Gasteiger partial charge < -0.3 is 9.47 Å². The lowest BCUT2D eigenvalue weighted by Gasteiger charge is -2.16. The summed E-state index contributed by atoms with van der Waals surface area (Å²) in [4.78, 5) is 0. The highest BCUT2D eigenvalue weighted by Crippen LogP contribution is 2.06. The van der Waals surface area contributed by atoms with Crippen molar-refractivity contribution >= 4 is 0 Å². The zero-order chi connectivity index (χ0) is 12.3. The molecule has 0 aromatic heterocycles. The summed E-state index contributed by atoms with van der Waals surface area (Å²) in [6.07, 6.45) is 4.05. The first-order valence-corrected chi connectivity index (χ1v) is 6.21. The summed E-state index contributed by atoms with van der Waals surface area (Å²) in [6, 6.07) is 10.2. The van der Waals surface area contributed by atoms with Gasteiger partial charge >= 0.3 is 0 Å². The van der Waals surface area contributed by atoms with Gasteiger partial charge in [0.25, 0.3) is 0 Å². The predicted octanol–water partition coefficient (Wildman–Crippen LogP) is 3.57. The van der Waals surface area contributed by atoms with E-state index in [1.807, 2.05) is 31.2 Å². The molecule has 1 unspecified atom stereocenters. The first-order valence-electron chi connectivity index (χ1n) is 6.21. The van der Waals surface area contributed by atoms with E-state index in [1.54, 1.807) is 0 Å². The molecular weight excluding hydrogens is 212 g/mol. The molecule has 0 heterocycles. The standard InChI is InChI=1S/C15H22O2/c1-3-5-11-15(17-4-2)13-16-12-14-9-7-6-8-10-14/h3,6-10,15H,1,4-5,11-13H2,2H3. The van der Waals surface area contributed by atoms with Crippen molar-refractivity contribution in [2.75, 3.05) is 13.2 Å². The Morgan fingerprint density at radius 3 is 2.71 bits per heavy atom. The summed E-state index contributed by atoms with van der Waals surface area (Å²) in [5.41, 5.74) is 1.20. The molecule has 1 aromatic carbocycles. The normalized spacial score (nSPS) is 12.3. The van der Waals surface area contributed by atoms with Gasteiger partial charge in [0.15, 0.2) is 0 Å². The molecule has 2 nitrogen and oxygen atoms in total. The van der Waals surface area contributed by atoms with Crippen molar-refractivity contribution in [1.82, 2.24) is 0 Å². The fraction of sp³-hybridized carbons (Fsp3) is 0.467. The fourth-order valence-corrected chi connectivity index (χ4v) is 1.64. The van der Waals surface area contributed by atoms with Gasteiger partial charge in [0.05, 0.1) is 19.3 Å². The molecule has 0 aliphatic rings. The first kappa shape index (κ1) is 13.9. The molecule has 94 valence electrons. The molecule has 17 heavy (non-hydrogen) atoms. The zero-order valence-corrected chi connectivity index (χ0v) is 10.6. The molecule has 0 saturated carbocycles. The molecule has 0 aliphatic carbocycles. The Labute approximate surface area is 104 Å². The zero-order valence-electron chi connectivity index (χ0n) is 10.6. The molecule has 0 N–H and O–H groups in total. The molecule has 2 heteroatoms. The lowest BCUT2D eigenvalue weighted by atomic mass is 10.2. The Bertz CT molecular complexity index is 295. The number of hydrogen-bond acceptors (Lipinski definition) is 2. The highest BCUT2D eigenvalue weighted by Gasteiger charge is 2.07. The Hall–Kier alpha value is -1.12. The Kier molecular flexibility index (Phi) is 7.35. The van der Waals surface area contributed by atoms with E-state index in [0.29, 0.717) is 13.2 Å². The number of hydrogen-bond donors (Lipinski definition) is 0. The molecular formula is C15H22O2. The average molecular weight is 234 g/mol. The Morgan fingerprint density at radius 2 is 2.06 bits per heavy atom. The van der Waals surface area contributed by atoms with Crippen LogP contribution in [-0.2, 0) is 16.1 Å². The van der Waals surface area contributed by atoms with Crippen LogP contribution in [0.15, 0.2) is 43.0 Å². The summed E-state index contributed by atoms with van der Waals surface area (Å²) < 4.78 is 11.3.